The molecule has 0 aliphatic rings. The van der Waals surface area contributed by atoms with Gasteiger partial charge in [0.15, 0.2) is 9.04 Å². The Balaban J connectivity index is 3.36. The minimum atomic E-state index is -0.782. The SMILES string of the molecule is CO[SiH](C)CC[Si](C)(C)C. The van der Waals surface area contributed by atoms with Gasteiger partial charge in [-0.2, -0.15) is 0 Å². The fraction of sp³-hybridized carbons (Fsp3) is 1.00. The predicted octanol–water partition coefficient (Wildman–Crippen LogP) is 2.32. The third-order valence-corrected chi connectivity index (χ3v) is 5.98. The summed E-state index contributed by atoms with van der Waals surface area (Å²) in [5.41, 5.74) is 0. The quantitative estimate of drug-likeness (QED) is 0.597. The van der Waals surface area contributed by atoms with Crippen molar-refractivity contribution in [1.82, 2.24) is 0 Å². The molecule has 0 aromatic rings. The highest BCUT2D eigenvalue weighted by atomic mass is 28.3. The Morgan fingerprint density at radius 1 is 1.30 bits per heavy atom. The van der Waals surface area contributed by atoms with Gasteiger partial charge in [-0.25, -0.2) is 0 Å². The molecule has 10 heavy (non-hydrogen) atoms. The topological polar surface area (TPSA) is 9.23 Å². The zero-order valence-corrected chi connectivity index (χ0v) is 10.1. The molecule has 0 bridgehead atoms. The standard InChI is InChI=1S/C7H20OSi2/c1-8-9(2)6-7-10(3,4)5/h9H,6-7H2,1-5H3. The van der Waals surface area contributed by atoms with Gasteiger partial charge in [0, 0.05) is 15.2 Å². The fourth-order valence-electron chi connectivity index (χ4n) is 0.754. The summed E-state index contributed by atoms with van der Waals surface area (Å²) in [7, 11) is 0.320. The molecule has 0 aromatic carbocycles. The van der Waals surface area contributed by atoms with E-state index in [-0.39, 0.29) is 0 Å². The van der Waals surface area contributed by atoms with Gasteiger partial charge in [0.25, 0.3) is 0 Å². The summed E-state index contributed by atoms with van der Waals surface area (Å²) < 4.78 is 5.31. The van der Waals surface area contributed by atoms with Crippen LogP contribution in [0, 0.1) is 0 Å². The largest absolute Gasteiger partial charge is 0.423 e. The number of hydrogen-bond donors (Lipinski definition) is 0. The second-order valence-electron chi connectivity index (χ2n) is 4.15. The van der Waals surface area contributed by atoms with Crippen molar-refractivity contribution in [2.24, 2.45) is 0 Å². The van der Waals surface area contributed by atoms with Gasteiger partial charge in [-0.05, 0) is 12.6 Å². The molecule has 0 saturated heterocycles. The first-order valence-electron chi connectivity index (χ1n) is 3.98. The van der Waals surface area contributed by atoms with Crippen molar-refractivity contribution in [3.8, 4) is 0 Å². The van der Waals surface area contributed by atoms with Crippen molar-refractivity contribution >= 4 is 17.1 Å². The number of rotatable bonds is 4. The first-order chi connectivity index (χ1) is 4.45. The summed E-state index contributed by atoms with van der Waals surface area (Å²) in [5.74, 6) is 0. The van der Waals surface area contributed by atoms with Crippen LogP contribution in [0.25, 0.3) is 0 Å². The van der Waals surface area contributed by atoms with Crippen molar-refractivity contribution in [2.75, 3.05) is 7.11 Å². The van der Waals surface area contributed by atoms with Gasteiger partial charge in [-0.3, -0.25) is 0 Å². The molecule has 0 radical (unpaired) electrons. The summed E-state index contributed by atoms with van der Waals surface area (Å²) in [4.78, 5) is 0. The molecule has 1 atom stereocenters. The predicted molar refractivity (Wildman–Crippen MR) is 53.0 cm³/mol. The first-order valence-corrected chi connectivity index (χ1v) is 10.1. The van der Waals surface area contributed by atoms with E-state index in [9.17, 15) is 0 Å². The molecule has 62 valence electrons. The molecule has 0 spiro atoms. The molecule has 0 rings (SSSR count). The van der Waals surface area contributed by atoms with Crippen LogP contribution < -0.4 is 0 Å². The molecule has 0 heterocycles. The average Bonchev–Trinajstić information content (AvgIpc) is 1.81. The van der Waals surface area contributed by atoms with Crippen LogP contribution in [-0.4, -0.2) is 24.2 Å². The maximum Gasteiger partial charge on any atom is 0.173 e. The zero-order valence-electron chi connectivity index (χ0n) is 7.90. The van der Waals surface area contributed by atoms with Crippen molar-refractivity contribution in [1.29, 1.82) is 0 Å². The van der Waals surface area contributed by atoms with Crippen LogP contribution in [0.5, 0.6) is 0 Å². The second-order valence-corrected chi connectivity index (χ2v) is 12.4. The van der Waals surface area contributed by atoms with Crippen LogP contribution in [0.1, 0.15) is 0 Å². The van der Waals surface area contributed by atoms with E-state index in [0.717, 1.165) is 0 Å². The molecule has 0 N–H and O–H groups in total. The molecular formula is C7H20OSi2. The minimum Gasteiger partial charge on any atom is -0.423 e. The molecule has 0 amide bonds. The highest BCUT2D eigenvalue weighted by Crippen LogP contribution is 2.13. The fourth-order valence-corrected chi connectivity index (χ4v) is 6.08. The third-order valence-electron chi connectivity index (χ3n) is 1.70. The van der Waals surface area contributed by atoms with E-state index in [2.05, 4.69) is 26.2 Å². The Kier molecular flexibility index (Phi) is 4.48. The maximum atomic E-state index is 5.31. The van der Waals surface area contributed by atoms with Gasteiger partial charge >= 0.3 is 0 Å². The Hall–Kier alpha value is 0.394. The van der Waals surface area contributed by atoms with E-state index >= 15 is 0 Å². The van der Waals surface area contributed by atoms with Crippen molar-refractivity contribution in [3.05, 3.63) is 0 Å². The summed E-state index contributed by atoms with van der Waals surface area (Å²) >= 11 is 0. The molecule has 0 aliphatic carbocycles. The highest BCUT2D eigenvalue weighted by molar-refractivity contribution is 6.77. The molecule has 0 saturated carbocycles. The van der Waals surface area contributed by atoms with Crippen LogP contribution in [0.3, 0.4) is 0 Å². The smallest absolute Gasteiger partial charge is 0.173 e. The maximum absolute atomic E-state index is 5.31. The molecule has 0 fully saturated rings. The lowest BCUT2D eigenvalue weighted by atomic mass is 10.9. The van der Waals surface area contributed by atoms with Gasteiger partial charge in [-0.1, -0.05) is 25.7 Å². The third kappa shape index (κ3) is 6.51. The molecular weight excluding hydrogens is 156 g/mol. The zero-order chi connectivity index (χ0) is 8.20. The minimum absolute atomic E-state index is 0.746. The summed E-state index contributed by atoms with van der Waals surface area (Å²) in [6, 6.07) is 2.81. The van der Waals surface area contributed by atoms with Crippen LogP contribution in [0.4, 0.5) is 0 Å². The molecule has 0 aromatic heterocycles. The average molecular weight is 176 g/mol. The van der Waals surface area contributed by atoms with E-state index < -0.39 is 17.1 Å². The summed E-state index contributed by atoms with van der Waals surface area (Å²) in [5, 5.41) is 0. The van der Waals surface area contributed by atoms with E-state index in [4.69, 9.17) is 4.43 Å². The van der Waals surface area contributed by atoms with Gasteiger partial charge in [0.2, 0.25) is 0 Å². The van der Waals surface area contributed by atoms with Gasteiger partial charge in [0.1, 0.15) is 0 Å². The summed E-state index contributed by atoms with van der Waals surface area (Å²) in [6.07, 6.45) is 0. The molecule has 1 unspecified atom stereocenters. The monoisotopic (exact) mass is 176 g/mol. The van der Waals surface area contributed by atoms with Crippen molar-refractivity contribution in [3.63, 3.8) is 0 Å². The van der Waals surface area contributed by atoms with Gasteiger partial charge < -0.3 is 4.43 Å². The Morgan fingerprint density at radius 3 is 2.10 bits per heavy atom. The summed E-state index contributed by atoms with van der Waals surface area (Å²) in [6.45, 7) is 9.54. The van der Waals surface area contributed by atoms with Crippen molar-refractivity contribution in [2.45, 2.75) is 38.3 Å². The highest BCUT2D eigenvalue weighted by Gasteiger charge is 2.14. The van der Waals surface area contributed by atoms with E-state index in [1.54, 1.807) is 0 Å². The Morgan fingerprint density at radius 2 is 1.80 bits per heavy atom. The van der Waals surface area contributed by atoms with Crippen LogP contribution in [0.15, 0.2) is 0 Å². The van der Waals surface area contributed by atoms with Crippen LogP contribution in [0.2, 0.25) is 38.3 Å². The van der Waals surface area contributed by atoms with E-state index in [0.29, 0.717) is 0 Å². The van der Waals surface area contributed by atoms with Gasteiger partial charge in [0.05, 0.1) is 0 Å². The molecule has 1 nitrogen and oxygen atoms in total. The number of hydrogen-bond acceptors (Lipinski definition) is 1. The lowest BCUT2D eigenvalue weighted by Gasteiger charge is -2.17. The van der Waals surface area contributed by atoms with Crippen LogP contribution in [-0.2, 0) is 4.43 Å². The van der Waals surface area contributed by atoms with E-state index in [1.807, 2.05) is 7.11 Å². The van der Waals surface area contributed by atoms with Crippen LogP contribution >= 0.6 is 0 Å². The molecule has 3 heteroatoms. The Labute approximate surface area is 67.5 Å². The first kappa shape index (κ1) is 10.4. The molecule has 0 aliphatic heterocycles. The Bertz CT molecular complexity index is 88.1. The lowest BCUT2D eigenvalue weighted by Crippen LogP contribution is -2.22. The lowest BCUT2D eigenvalue weighted by molar-refractivity contribution is 0.425. The second kappa shape index (κ2) is 4.31. The van der Waals surface area contributed by atoms with Crippen molar-refractivity contribution < 1.29 is 4.43 Å². The van der Waals surface area contributed by atoms with Gasteiger partial charge in [-0.15, -0.1) is 0 Å². The van der Waals surface area contributed by atoms with E-state index in [1.165, 1.54) is 12.1 Å². The normalized spacial score (nSPS) is 15.3.